The summed E-state index contributed by atoms with van der Waals surface area (Å²) in [5, 5.41) is 11.8. The molecule has 37 heavy (non-hydrogen) atoms. The molecule has 3 aromatic carbocycles. The second-order valence-electron chi connectivity index (χ2n) is 8.74. The SMILES string of the molecule is CNCCCNC(=O)c1ccc(-c2nn(-c3ccc(C(=O)N(C)CC(N)=O)cc3)c3ccccc23)cc1. The lowest BCUT2D eigenvalue weighted by atomic mass is 10.1. The van der Waals surface area contributed by atoms with Crippen molar-refractivity contribution >= 4 is 28.6 Å². The second-order valence-corrected chi connectivity index (χ2v) is 8.74. The Bertz CT molecular complexity index is 1410. The van der Waals surface area contributed by atoms with E-state index in [1.165, 1.54) is 11.9 Å². The first-order valence-corrected chi connectivity index (χ1v) is 12.0. The lowest BCUT2D eigenvalue weighted by molar-refractivity contribution is -0.118. The topological polar surface area (TPSA) is 122 Å². The summed E-state index contributed by atoms with van der Waals surface area (Å²) in [6, 6.07) is 22.3. The number of rotatable bonds is 10. The van der Waals surface area contributed by atoms with E-state index in [0.29, 0.717) is 17.7 Å². The molecule has 4 rings (SSSR count). The van der Waals surface area contributed by atoms with Gasteiger partial charge in [0.05, 0.1) is 17.7 Å². The Balaban J connectivity index is 1.59. The Morgan fingerprint density at radius 2 is 1.59 bits per heavy atom. The van der Waals surface area contributed by atoms with Gasteiger partial charge in [-0.3, -0.25) is 14.4 Å². The molecule has 0 aliphatic rings. The van der Waals surface area contributed by atoms with Gasteiger partial charge in [0, 0.05) is 35.7 Å². The number of hydrogen-bond donors (Lipinski definition) is 3. The van der Waals surface area contributed by atoms with Gasteiger partial charge in [0.2, 0.25) is 5.91 Å². The standard InChI is InChI=1S/C28H30N6O3/c1-30-16-5-17-31-27(36)20-10-8-19(9-11-20)26-23-6-3-4-7-24(23)34(32-26)22-14-12-21(13-15-22)28(37)33(2)18-25(29)35/h3-4,6-15,30H,5,16-18H2,1-2H3,(H2,29,35)(H,31,36). The normalized spacial score (nSPS) is 10.9. The fraction of sp³-hybridized carbons (Fsp3) is 0.214. The maximum Gasteiger partial charge on any atom is 0.254 e. The van der Waals surface area contributed by atoms with E-state index in [2.05, 4.69) is 10.6 Å². The van der Waals surface area contributed by atoms with Crippen molar-refractivity contribution in [2.45, 2.75) is 6.42 Å². The number of fused-ring (bicyclic) bond motifs is 1. The lowest BCUT2D eigenvalue weighted by Crippen LogP contribution is -2.35. The third kappa shape index (κ3) is 5.84. The van der Waals surface area contributed by atoms with Gasteiger partial charge in [-0.25, -0.2) is 4.68 Å². The van der Waals surface area contributed by atoms with Crippen LogP contribution < -0.4 is 16.4 Å². The Morgan fingerprint density at radius 1 is 0.919 bits per heavy atom. The van der Waals surface area contributed by atoms with E-state index >= 15 is 0 Å². The highest BCUT2D eigenvalue weighted by molar-refractivity contribution is 5.98. The number of amides is 3. The number of nitrogens with two attached hydrogens (primary N) is 1. The molecule has 4 aromatic rings. The Morgan fingerprint density at radius 3 is 2.27 bits per heavy atom. The molecular formula is C28H30N6O3. The number of aromatic nitrogens is 2. The molecule has 1 aromatic heterocycles. The predicted molar refractivity (Wildman–Crippen MR) is 144 cm³/mol. The van der Waals surface area contributed by atoms with Crippen molar-refractivity contribution in [3.8, 4) is 16.9 Å². The molecule has 190 valence electrons. The average molecular weight is 499 g/mol. The Labute approximate surface area is 215 Å². The quantitative estimate of drug-likeness (QED) is 0.290. The average Bonchev–Trinajstić information content (AvgIpc) is 3.30. The first kappa shape index (κ1) is 25.6. The minimum absolute atomic E-state index is 0.103. The van der Waals surface area contributed by atoms with E-state index in [1.54, 1.807) is 24.3 Å². The molecule has 9 nitrogen and oxygen atoms in total. The molecule has 0 aliphatic heterocycles. The number of benzene rings is 3. The molecule has 0 atom stereocenters. The van der Waals surface area contributed by atoms with Gasteiger partial charge >= 0.3 is 0 Å². The molecule has 0 saturated heterocycles. The van der Waals surface area contributed by atoms with E-state index in [1.807, 2.05) is 60.3 Å². The first-order valence-electron chi connectivity index (χ1n) is 12.0. The largest absolute Gasteiger partial charge is 0.368 e. The zero-order valence-electron chi connectivity index (χ0n) is 20.9. The van der Waals surface area contributed by atoms with Crippen LogP contribution in [-0.2, 0) is 4.79 Å². The molecule has 3 amide bonds. The van der Waals surface area contributed by atoms with E-state index in [-0.39, 0.29) is 18.4 Å². The number of likely N-dealkylation sites (N-methyl/N-ethyl adjacent to an activating group) is 1. The second kappa shape index (κ2) is 11.5. The minimum atomic E-state index is -0.568. The molecule has 1 heterocycles. The summed E-state index contributed by atoms with van der Waals surface area (Å²) in [5.41, 5.74) is 9.62. The summed E-state index contributed by atoms with van der Waals surface area (Å²) < 4.78 is 1.83. The van der Waals surface area contributed by atoms with Gasteiger partial charge in [0.25, 0.3) is 11.8 Å². The highest BCUT2D eigenvalue weighted by Crippen LogP contribution is 2.30. The molecule has 0 spiro atoms. The van der Waals surface area contributed by atoms with E-state index < -0.39 is 5.91 Å². The van der Waals surface area contributed by atoms with Gasteiger partial charge in [0.15, 0.2) is 0 Å². The van der Waals surface area contributed by atoms with Crippen LogP contribution in [-0.4, -0.2) is 66.1 Å². The number of para-hydroxylation sites is 1. The smallest absolute Gasteiger partial charge is 0.254 e. The van der Waals surface area contributed by atoms with Crippen molar-refractivity contribution in [2.75, 3.05) is 33.7 Å². The number of hydrogen-bond acceptors (Lipinski definition) is 5. The molecule has 0 bridgehead atoms. The molecule has 0 unspecified atom stereocenters. The lowest BCUT2D eigenvalue weighted by Gasteiger charge is -2.15. The monoisotopic (exact) mass is 498 g/mol. The number of carbonyl (C=O) groups is 3. The van der Waals surface area contributed by atoms with Crippen LogP contribution in [0.3, 0.4) is 0 Å². The van der Waals surface area contributed by atoms with Crippen LogP contribution in [0.25, 0.3) is 27.8 Å². The third-order valence-electron chi connectivity index (χ3n) is 6.00. The van der Waals surface area contributed by atoms with Gasteiger partial charge < -0.3 is 21.3 Å². The number of carbonyl (C=O) groups excluding carboxylic acids is 3. The third-order valence-corrected chi connectivity index (χ3v) is 6.00. The predicted octanol–water partition coefficient (Wildman–Crippen LogP) is 2.59. The Hall–Kier alpha value is -4.50. The van der Waals surface area contributed by atoms with Gasteiger partial charge in [-0.05, 0) is 62.5 Å². The van der Waals surface area contributed by atoms with Crippen molar-refractivity contribution < 1.29 is 14.4 Å². The fourth-order valence-electron chi connectivity index (χ4n) is 4.10. The van der Waals surface area contributed by atoms with Crippen molar-refractivity contribution in [3.63, 3.8) is 0 Å². The zero-order valence-corrected chi connectivity index (χ0v) is 20.9. The minimum Gasteiger partial charge on any atom is -0.368 e. The van der Waals surface area contributed by atoms with E-state index in [0.717, 1.165) is 40.8 Å². The van der Waals surface area contributed by atoms with Gasteiger partial charge in [-0.2, -0.15) is 5.10 Å². The molecular weight excluding hydrogens is 468 g/mol. The molecule has 0 aliphatic carbocycles. The van der Waals surface area contributed by atoms with Gasteiger partial charge in [-0.1, -0.05) is 30.3 Å². The van der Waals surface area contributed by atoms with Crippen LogP contribution in [0.15, 0.2) is 72.8 Å². The van der Waals surface area contributed by atoms with Crippen LogP contribution in [0.4, 0.5) is 0 Å². The highest BCUT2D eigenvalue weighted by Gasteiger charge is 2.16. The summed E-state index contributed by atoms with van der Waals surface area (Å²) in [4.78, 5) is 37.4. The molecule has 0 saturated carbocycles. The van der Waals surface area contributed by atoms with Crippen LogP contribution in [0, 0.1) is 0 Å². The van der Waals surface area contributed by atoms with Crippen LogP contribution in [0.1, 0.15) is 27.1 Å². The van der Waals surface area contributed by atoms with Crippen LogP contribution >= 0.6 is 0 Å². The molecule has 4 N–H and O–H groups in total. The van der Waals surface area contributed by atoms with Gasteiger partial charge in [-0.15, -0.1) is 0 Å². The summed E-state index contributed by atoms with van der Waals surface area (Å²) in [6.07, 6.45) is 0.864. The summed E-state index contributed by atoms with van der Waals surface area (Å²) >= 11 is 0. The number of primary amides is 1. The zero-order chi connectivity index (χ0) is 26.4. The van der Waals surface area contributed by atoms with Crippen molar-refractivity contribution in [1.82, 2.24) is 25.3 Å². The van der Waals surface area contributed by atoms with E-state index in [9.17, 15) is 14.4 Å². The summed E-state index contributed by atoms with van der Waals surface area (Å²) in [7, 11) is 3.42. The van der Waals surface area contributed by atoms with Crippen LogP contribution in [0.5, 0.6) is 0 Å². The Kier molecular flexibility index (Phi) is 7.95. The van der Waals surface area contributed by atoms with E-state index in [4.69, 9.17) is 10.8 Å². The van der Waals surface area contributed by atoms with Crippen molar-refractivity contribution in [3.05, 3.63) is 83.9 Å². The summed E-state index contributed by atoms with van der Waals surface area (Å²) in [5.74, 6) is -0.960. The molecule has 0 fully saturated rings. The fourth-order valence-corrected chi connectivity index (χ4v) is 4.10. The highest BCUT2D eigenvalue weighted by atomic mass is 16.2. The van der Waals surface area contributed by atoms with Crippen LogP contribution in [0.2, 0.25) is 0 Å². The van der Waals surface area contributed by atoms with Crippen molar-refractivity contribution in [1.29, 1.82) is 0 Å². The summed E-state index contributed by atoms with van der Waals surface area (Å²) in [6.45, 7) is 1.31. The maximum atomic E-state index is 12.6. The molecule has 0 radical (unpaired) electrons. The number of nitrogens with zero attached hydrogens (tertiary/aromatic N) is 3. The molecule has 9 heteroatoms. The maximum absolute atomic E-state index is 12.6. The first-order chi connectivity index (χ1) is 17.9. The van der Waals surface area contributed by atoms with Gasteiger partial charge in [0.1, 0.15) is 5.69 Å². The number of nitrogens with one attached hydrogen (secondary N) is 2. The van der Waals surface area contributed by atoms with Crippen molar-refractivity contribution in [2.24, 2.45) is 5.73 Å².